The van der Waals surface area contributed by atoms with Crippen molar-refractivity contribution in [3.05, 3.63) is 85.2 Å². The summed E-state index contributed by atoms with van der Waals surface area (Å²) < 4.78 is 6.05. The molecule has 3 aromatic carbocycles. The Morgan fingerprint density at radius 2 is 1.39 bits per heavy atom. The number of rotatable bonds is 3. The van der Waals surface area contributed by atoms with Gasteiger partial charge in [0.2, 0.25) is 0 Å². The monoisotopic (exact) mass is 298 g/mol. The molecule has 0 N–H and O–H groups in total. The first-order valence-corrected chi connectivity index (χ1v) is 7.44. The molecule has 4 rings (SSSR count). The molecule has 0 spiro atoms. The van der Waals surface area contributed by atoms with Crippen LogP contribution in [0.5, 0.6) is 11.8 Å². The van der Waals surface area contributed by atoms with Gasteiger partial charge in [-0.2, -0.15) is 0 Å². The maximum Gasteiger partial charge on any atom is 0.321 e. The highest BCUT2D eigenvalue weighted by molar-refractivity contribution is 5.95. The van der Waals surface area contributed by atoms with Crippen LogP contribution in [-0.4, -0.2) is 9.97 Å². The second-order valence-electron chi connectivity index (χ2n) is 5.16. The number of aromatic nitrogens is 2. The first kappa shape index (κ1) is 13.5. The number of fused-ring (bicyclic) bond motifs is 1. The summed E-state index contributed by atoms with van der Waals surface area (Å²) in [5.41, 5.74) is 2.13. The van der Waals surface area contributed by atoms with Crippen molar-refractivity contribution in [3.63, 3.8) is 0 Å². The van der Waals surface area contributed by atoms with Gasteiger partial charge in [-0.05, 0) is 23.1 Å². The van der Waals surface area contributed by atoms with Crippen LogP contribution in [0.15, 0.2) is 85.2 Å². The topological polar surface area (TPSA) is 35.0 Å². The zero-order chi connectivity index (χ0) is 15.5. The molecule has 3 heteroatoms. The van der Waals surface area contributed by atoms with Crippen LogP contribution in [-0.2, 0) is 0 Å². The molecule has 0 saturated heterocycles. The Kier molecular flexibility index (Phi) is 3.45. The van der Waals surface area contributed by atoms with E-state index in [1.54, 1.807) is 18.5 Å². The van der Waals surface area contributed by atoms with E-state index >= 15 is 0 Å². The Morgan fingerprint density at radius 1 is 0.652 bits per heavy atom. The third-order valence-electron chi connectivity index (χ3n) is 3.70. The number of hydrogen-bond acceptors (Lipinski definition) is 3. The van der Waals surface area contributed by atoms with Crippen molar-refractivity contribution in [3.8, 4) is 22.9 Å². The van der Waals surface area contributed by atoms with Gasteiger partial charge < -0.3 is 4.74 Å². The lowest BCUT2D eigenvalue weighted by Crippen LogP contribution is -1.94. The molecule has 110 valence electrons. The number of nitrogens with zero attached hydrogens (tertiary/aromatic N) is 2. The predicted octanol–water partition coefficient (Wildman–Crippen LogP) is 5.09. The lowest BCUT2D eigenvalue weighted by atomic mass is 10.00. The SMILES string of the molecule is c1ccc(-c2ccc3ccccc3c2Oc2ncccn2)cc1. The third-order valence-corrected chi connectivity index (χ3v) is 3.70. The van der Waals surface area contributed by atoms with Crippen LogP contribution in [0.3, 0.4) is 0 Å². The van der Waals surface area contributed by atoms with Crippen LogP contribution in [0.25, 0.3) is 21.9 Å². The molecule has 0 aliphatic heterocycles. The summed E-state index contributed by atoms with van der Waals surface area (Å²) in [6, 6.07) is 24.7. The Morgan fingerprint density at radius 3 is 2.22 bits per heavy atom. The number of benzene rings is 3. The maximum absolute atomic E-state index is 6.05. The molecule has 0 bridgehead atoms. The lowest BCUT2D eigenvalue weighted by molar-refractivity contribution is 0.448. The van der Waals surface area contributed by atoms with Gasteiger partial charge in [-0.15, -0.1) is 0 Å². The van der Waals surface area contributed by atoms with Crippen molar-refractivity contribution < 1.29 is 4.74 Å². The van der Waals surface area contributed by atoms with E-state index in [9.17, 15) is 0 Å². The Balaban J connectivity index is 1.94. The minimum absolute atomic E-state index is 0.348. The smallest absolute Gasteiger partial charge is 0.321 e. The zero-order valence-electron chi connectivity index (χ0n) is 12.4. The second kappa shape index (κ2) is 5.89. The summed E-state index contributed by atoms with van der Waals surface area (Å²) in [5, 5.41) is 2.17. The van der Waals surface area contributed by atoms with E-state index in [2.05, 4.69) is 46.4 Å². The van der Waals surface area contributed by atoms with E-state index in [-0.39, 0.29) is 0 Å². The van der Waals surface area contributed by atoms with Crippen LogP contribution >= 0.6 is 0 Å². The lowest BCUT2D eigenvalue weighted by Gasteiger charge is -2.13. The van der Waals surface area contributed by atoms with Gasteiger partial charge in [0.1, 0.15) is 5.75 Å². The second-order valence-corrected chi connectivity index (χ2v) is 5.16. The zero-order valence-corrected chi connectivity index (χ0v) is 12.4. The first-order chi connectivity index (χ1) is 11.4. The van der Waals surface area contributed by atoms with E-state index in [4.69, 9.17) is 4.74 Å². The standard InChI is InChI=1S/C20H14N2O/c1-2-7-15(8-3-1)18-12-11-16-9-4-5-10-17(16)19(18)23-20-21-13-6-14-22-20/h1-14H. The summed E-state index contributed by atoms with van der Waals surface area (Å²) in [6.07, 6.45) is 3.35. The molecule has 0 aliphatic carbocycles. The molecule has 0 aliphatic rings. The quantitative estimate of drug-likeness (QED) is 0.528. The molecular formula is C20H14N2O. The molecular weight excluding hydrogens is 284 g/mol. The summed E-state index contributed by atoms with van der Waals surface area (Å²) in [7, 11) is 0. The minimum Gasteiger partial charge on any atom is -0.423 e. The summed E-state index contributed by atoms with van der Waals surface area (Å²) in [6.45, 7) is 0. The average Bonchev–Trinajstić information content (AvgIpc) is 2.64. The van der Waals surface area contributed by atoms with Crippen LogP contribution in [0, 0.1) is 0 Å². The highest BCUT2D eigenvalue weighted by Crippen LogP contribution is 2.38. The van der Waals surface area contributed by atoms with Crippen molar-refractivity contribution in [1.29, 1.82) is 0 Å². The van der Waals surface area contributed by atoms with E-state index in [1.165, 1.54) is 0 Å². The maximum atomic E-state index is 6.05. The van der Waals surface area contributed by atoms with Crippen LogP contribution in [0.2, 0.25) is 0 Å². The van der Waals surface area contributed by atoms with E-state index < -0.39 is 0 Å². The van der Waals surface area contributed by atoms with E-state index in [0.29, 0.717) is 6.01 Å². The van der Waals surface area contributed by atoms with Gasteiger partial charge in [0.05, 0.1) is 0 Å². The summed E-state index contributed by atoms with van der Waals surface area (Å²) in [5.74, 6) is 0.778. The van der Waals surface area contributed by atoms with Crippen molar-refractivity contribution in [2.24, 2.45) is 0 Å². The molecule has 23 heavy (non-hydrogen) atoms. The van der Waals surface area contributed by atoms with Gasteiger partial charge >= 0.3 is 6.01 Å². The molecule has 3 nitrogen and oxygen atoms in total. The fraction of sp³-hybridized carbons (Fsp3) is 0. The highest BCUT2D eigenvalue weighted by Gasteiger charge is 2.12. The predicted molar refractivity (Wildman–Crippen MR) is 91.5 cm³/mol. The van der Waals surface area contributed by atoms with Gasteiger partial charge in [0.15, 0.2) is 0 Å². The summed E-state index contributed by atoms with van der Waals surface area (Å²) in [4.78, 5) is 8.36. The number of ether oxygens (including phenoxy) is 1. The van der Waals surface area contributed by atoms with Crippen molar-refractivity contribution >= 4 is 10.8 Å². The third kappa shape index (κ3) is 2.64. The van der Waals surface area contributed by atoms with Crippen LogP contribution in [0.1, 0.15) is 0 Å². The van der Waals surface area contributed by atoms with E-state index in [1.807, 2.05) is 30.3 Å². The fourth-order valence-corrected chi connectivity index (χ4v) is 2.63. The molecule has 0 unspecified atom stereocenters. The molecule has 0 fully saturated rings. The molecule has 0 radical (unpaired) electrons. The fourth-order valence-electron chi connectivity index (χ4n) is 2.63. The molecule has 0 amide bonds. The van der Waals surface area contributed by atoms with Gasteiger partial charge in [-0.25, -0.2) is 9.97 Å². The van der Waals surface area contributed by atoms with Gasteiger partial charge in [-0.3, -0.25) is 0 Å². The van der Waals surface area contributed by atoms with Gasteiger partial charge in [-0.1, -0.05) is 60.7 Å². The molecule has 4 aromatic rings. The van der Waals surface area contributed by atoms with Gasteiger partial charge in [0.25, 0.3) is 0 Å². The first-order valence-electron chi connectivity index (χ1n) is 7.44. The highest BCUT2D eigenvalue weighted by atomic mass is 16.5. The molecule has 0 saturated carbocycles. The van der Waals surface area contributed by atoms with Crippen LogP contribution in [0.4, 0.5) is 0 Å². The van der Waals surface area contributed by atoms with Crippen LogP contribution < -0.4 is 4.74 Å². The minimum atomic E-state index is 0.348. The Bertz CT molecular complexity index is 937. The Hall–Kier alpha value is -3.20. The van der Waals surface area contributed by atoms with Crippen molar-refractivity contribution in [2.75, 3.05) is 0 Å². The largest absolute Gasteiger partial charge is 0.423 e. The molecule has 0 atom stereocenters. The average molecular weight is 298 g/mol. The molecule has 1 heterocycles. The Labute approximate surface area is 134 Å². The normalized spacial score (nSPS) is 10.6. The van der Waals surface area contributed by atoms with Crippen molar-refractivity contribution in [1.82, 2.24) is 9.97 Å². The van der Waals surface area contributed by atoms with Gasteiger partial charge in [0, 0.05) is 23.3 Å². The van der Waals surface area contributed by atoms with E-state index in [0.717, 1.165) is 27.6 Å². The summed E-state index contributed by atoms with van der Waals surface area (Å²) >= 11 is 0. The molecule has 1 aromatic heterocycles. The van der Waals surface area contributed by atoms with Crippen molar-refractivity contribution in [2.45, 2.75) is 0 Å². The number of hydrogen-bond donors (Lipinski definition) is 0.